The normalized spacial score (nSPS) is 25.8. The van der Waals surface area contributed by atoms with Crippen molar-refractivity contribution >= 4 is 93.8 Å². The molecule has 40 nitrogen and oxygen atoms in total. The molecule has 44 heteroatoms. The van der Waals surface area contributed by atoms with Crippen molar-refractivity contribution in [3.63, 3.8) is 0 Å². The summed E-state index contributed by atoms with van der Waals surface area (Å²) in [7, 11) is 1.46. The summed E-state index contributed by atoms with van der Waals surface area (Å²) < 4.78 is 54.7. The lowest BCUT2D eigenvalue weighted by molar-refractivity contribution is -0.334. The van der Waals surface area contributed by atoms with Gasteiger partial charge in [-0.2, -0.15) is 4.98 Å². The Labute approximate surface area is 730 Å². The summed E-state index contributed by atoms with van der Waals surface area (Å²) in [6.45, 7) is 4.66. The quantitative estimate of drug-likeness (QED) is 0.0306. The van der Waals surface area contributed by atoms with Gasteiger partial charge in [0, 0.05) is 55.0 Å². The van der Waals surface area contributed by atoms with Gasteiger partial charge in [-0.05, 0) is 139 Å². The molecule has 11 bridgehead atoms. The molecule has 16 unspecified atom stereocenters. The molecule has 0 spiro atoms. The number of rotatable bonds is 23. The van der Waals surface area contributed by atoms with E-state index in [4.69, 9.17) is 69.0 Å². The van der Waals surface area contributed by atoms with Gasteiger partial charge < -0.3 is 133 Å². The third-order valence-corrected chi connectivity index (χ3v) is 22.5. The first-order valence-electron chi connectivity index (χ1n) is 39.5. The number of anilines is 1. The summed E-state index contributed by atoms with van der Waals surface area (Å²) in [6, 6.07) is 4.48. The van der Waals surface area contributed by atoms with E-state index in [0.717, 1.165) is 72.8 Å². The second kappa shape index (κ2) is 40.0. The van der Waals surface area contributed by atoms with Gasteiger partial charge >= 0.3 is 5.69 Å². The number of aromatic nitrogens is 2. The summed E-state index contributed by atoms with van der Waals surface area (Å²) in [4.78, 5) is 150. The number of nitrogens with zero attached hydrogens (tertiary/aromatic N) is 2. The molecule has 0 saturated carbocycles. The van der Waals surface area contributed by atoms with Gasteiger partial charge in [0.15, 0.2) is 23.9 Å². The van der Waals surface area contributed by atoms with Gasteiger partial charge in [-0.1, -0.05) is 72.9 Å². The molecule has 674 valence electrons. The van der Waals surface area contributed by atoms with Gasteiger partial charge in [-0.15, -0.1) is 0 Å². The number of nitrogens with one attached hydrogen (secondary N) is 11. The van der Waals surface area contributed by atoms with Crippen LogP contribution in [0.3, 0.4) is 0 Å². The smallest absolute Gasteiger partial charge is 0.349 e. The Morgan fingerprint density at radius 2 is 1.37 bits per heavy atom. The number of benzene rings is 6. The first-order chi connectivity index (χ1) is 59.8. The number of primary amides is 1. The lowest BCUT2D eigenvalue weighted by Gasteiger charge is -2.48. The maximum Gasteiger partial charge on any atom is 0.349 e. The minimum absolute atomic E-state index is 0.0663. The van der Waals surface area contributed by atoms with Gasteiger partial charge in [-0.3, -0.25) is 53.1 Å². The SMILES string of the molecule is CNC(CC(C)C)C(=O)NC1C(=O)NC(CC(N)=O)C(=O)NC2C(=O)NC3C(=O)NC(C(=O)N[C@@H](C(=O)NNCCO)c4cc(O)cc(O)c4-c4cc3ccc4O)C(O)c3ccc(c(Cl)c3)Oc3cc2cc(c3OC2OC(CO)C(O)C(O)C2OC2C[C@@](C)(NCCn3ccc(NC(=O)Cc4ccc(Cl)c(F)c4)nc3=O)C(O)C(C)O2)Oc2ccc(cc2Cl)C1O. The van der Waals surface area contributed by atoms with Gasteiger partial charge in [0.1, 0.15) is 107 Å². The van der Waals surface area contributed by atoms with E-state index in [1.165, 1.54) is 55.1 Å². The average molecular weight is 1820 g/mol. The van der Waals surface area contributed by atoms with Crippen LogP contribution in [-0.4, -0.2) is 226 Å². The molecule has 23 N–H and O–H groups in total. The molecule has 0 radical (unpaired) electrons. The number of hydrogen-bond acceptors (Lipinski definition) is 30. The monoisotopic (exact) mass is 1810 g/mol. The molecule has 7 aliphatic rings. The fraction of sp³-hybridized carbons (Fsp3) is 0.402. The van der Waals surface area contributed by atoms with Crippen LogP contribution in [0.15, 0.2) is 114 Å². The minimum Gasteiger partial charge on any atom is -0.508 e. The van der Waals surface area contributed by atoms with Crippen LogP contribution in [0.1, 0.15) is 111 Å². The largest absolute Gasteiger partial charge is 0.508 e. The number of carbonyl (C=O) groups is 9. The van der Waals surface area contributed by atoms with Crippen LogP contribution in [0.4, 0.5) is 10.2 Å². The van der Waals surface area contributed by atoms with Crippen molar-refractivity contribution in [2.75, 3.05) is 38.7 Å². The summed E-state index contributed by atoms with van der Waals surface area (Å²) in [6.07, 6.45) is -18.7. The van der Waals surface area contributed by atoms with Crippen molar-refractivity contribution < 1.29 is 127 Å². The third kappa shape index (κ3) is 21.3. The van der Waals surface area contributed by atoms with Crippen molar-refractivity contribution in [3.8, 4) is 57.1 Å². The number of fused-ring (bicyclic) bond motifs is 15. The molecule has 1 aromatic heterocycles. The zero-order valence-electron chi connectivity index (χ0n) is 67.6. The summed E-state index contributed by atoms with van der Waals surface area (Å²) in [5.74, 6) is -17.1. The second-order valence-corrected chi connectivity index (χ2v) is 32.3. The van der Waals surface area contributed by atoms with E-state index >= 15 is 24.0 Å². The van der Waals surface area contributed by atoms with Crippen molar-refractivity contribution in [2.24, 2.45) is 11.7 Å². The van der Waals surface area contributed by atoms with Gasteiger partial charge in [0.2, 0.25) is 59.3 Å². The molecule has 2 fully saturated rings. The van der Waals surface area contributed by atoms with Crippen molar-refractivity contribution in [3.05, 3.63) is 174 Å². The number of likely N-dealkylation sites (N-methyl/N-ethyl adjacent to an activating group) is 1. The highest BCUT2D eigenvalue weighted by Gasteiger charge is 2.52. The number of halogens is 4. The van der Waals surface area contributed by atoms with E-state index in [1.54, 1.807) is 20.8 Å². The van der Waals surface area contributed by atoms with Crippen molar-refractivity contribution in [2.45, 2.75) is 169 Å². The maximum atomic E-state index is 16.3. The molecule has 0 aliphatic carbocycles. The van der Waals surface area contributed by atoms with E-state index in [9.17, 15) is 79.4 Å². The maximum absolute atomic E-state index is 16.3. The Morgan fingerprint density at radius 1 is 0.714 bits per heavy atom. The number of phenolic OH excluding ortho intramolecular Hbond substituents is 3. The number of ether oxygens (including phenoxy) is 6. The van der Waals surface area contributed by atoms with Crippen LogP contribution in [-0.2, 0) is 70.3 Å². The molecule has 14 rings (SSSR count). The standard InChI is InChI=1S/C82H92Cl3FN14O26/c1-33(2)20-47(88-5)73(113)97-64-66(108)37-8-12-51(44(84)24-37)122-53-26-39-27-54(70(53)126-80-71(69(111)68(110)55(32-102)124-80)125-59-31-82(4,72(112)34(3)121-59)89-15-18-100-17-14-57(93-81(100)120)92-58(107)22-35-6-10-43(83)46(86)21-35)123-52-13-9-38(25-45(52)85)67(109)65-78(118)96-63(79(119)99-90-16-19-101)42-28-40(103)29-50(105)60(42)41-23-36(7-11-49(41)104)61(75(115)98-65)95-76(116)62(39)94-74(114)48(30-56(87)106)91-77(64)117/h6-14,17,21,23-29,33-34,47-48,55,59,61-69,71-72,80,88-90,101-105,108-112H,15-16,18-20,22,30-32H2,1-5H3,(H2,87,106)(H,91,117)(H,94,114)(H,95,116)(H,96,118)(H,97,113)(H,98,115)(H,99,119)(H,92,93,107,120)/t34?,47?,48?,55?,59?,61?,62?,63-,64?,65?,66?,67?,68?,69?,71?,72?,80?,82-/m1/s1. The van der Waals surface area contributed by atoms with Crippen molar-refractivity contribution in [1.82, 2.24) is 62.9 Å². The predicted octanol–water partition coefficient (Wildman–Crippen LogP) is 0.496. The number of phenols is 3. The number of amides is 9. The van der Waals surface area contributed by atoms with Gasteiger partial charge in [0.05, 0.1) is 59.4 Å². The van der Waals surface area contributed by atoms with Crippen LogP contribution < -0.4 is 84.3 Å². The topological polar surface area (TPSA) is 605 Å². The average Bonchev–Trinajstić information content (AvgIpc) is 0.765. The number of aliphatic hydroxyl groups is 7. The van der Waals surface area contributed by atoms with Gasteiger partial charge in [-0.25, -0.2) is 14.6 Å². The van der Waals surface area contributed by atoms with E-state index in [2.05, 4.69) is 63.7 Å². The lowest BCUT2D eigenvalue weighted by atomic mass is 9.85. The first-order valence-corrected chi connectivity index (χ1v) is 40.6. The molecule has 8 heterocycles. The van der Waals surface area contributed by atoms with Crippen LogP contribution in [0.2, 0.25) is 15.1 Å². The molecule has 6 aromatic carbocycles. The molecular formula is C82H92Cl3FN14O26. The zero-order chi connectivity index (χ0) is 91.2. The Balaban J connectivity index is 0.998. The van der Waals surface area contributed by atoms with Gasteiger partial charge in [0.25, 0.3) is 5.91 Å². The van der Waals surface area contributed by atoms with E-state index in [0.29, 0.717) is 5.56 Å². The van der Waals surface area contributed by atoms with Crippen molar-refractivity contribution in [1.29, 1.82) is 0 Å². The second-order valence-electron chi connectivity index (χ2n) is 31.1. The lowest BCUT2D eigenvalue weighted by Crippen LogP contribution is -2.65. The highest BCUT2D eigenvalue weighted by atomic mass is 35.5. The van der Waals surface area contributed by atoms with Crippen LogP contribution in [0.25, 0.3) is 11.1 Å². The highest BCUT2D eigenvalue weighted by molar-refractivity contribution is 6.32. The summed E-state index contributed by atoms with van der Waals surface area (Å²) in [5.41, 5.74) is 5.81. The van der Waals surface area contributed by atoms with Crippen LogP contribution >= 0.6 is 34.8 Å². The number of hydrazine groups is 1. The minimum atomic E-state index is -2.41. The Hall–Kier alpha value is -11.5. The number of hydrogen-bond donors (Lipinski definition) is 22. The molecule has 2 saturated heterocycles. The first kappa shape index (κ1) is 93.7. The Morgan fingerprint density at radius 3 is 2.01 bits per heavy atom. The molecule has 7 aromatic rings. The third-order valence-electron chi connectivity index (χ3n) is 21.6. The predicted molar refractivity (Wildman–Crippen MR) is 441 cm³/mol. The summed E-state index contributed by atoms with van der Waals surface area (Å²) in [5, 5.41) is 139. The van der Waals surface area contributed by atoms with Crippen LogP contribution in [0, 0.1) is 11.7 Å². The zero-order valence-corrected chi connectivity index (χ0v) is 69.9. The van der Waals surface area contributed by atoms with E-state index < -0.39 is 272 Å². The molecular weight excluding hydrogens is 1720 g/mol. The molecule has 126 heavy (non-hydrogen) atoms. The Kier molecular flexibility index (Phi) is 29.7. The van der Waals surface area contributed by atoms with E-state index in [-0.39, 0.29) is 72.3 Å². The number of nitrogens with two attached hydrogens (primary N) is 1. The molecule has 18 atom stereocenters. The fourth-order valence-electron chi connectivity index (χ4n) is 15.1. The number of aromatic hydroxyl groups is 3. The number of carbonyl (C=O) groups excluding carboxylic acids is 9. The molecule has 9 amide bonds. The number of aliphatic hydroxyl groups excluding tert-OH is 7. The summed E-state index contributed by atoms with van der Waals surface area (Å²) >= 11 is 20.1. The van der Waals surface area contributed by atoms with Crippen LogP contribution in [0.5, 0.6) is 46.0 Å². The fourth-order valence-corrected chi connectivity index (χ4v) is 15.7. The highest BCUT2D eigenvalue weighted by Crippen LogP contribution is 2.50. The molecule has 7 aliphatic heterocycles. The Bertz CT molecular complexity index is 5390. The van der Waals surface area contributed by atoms with E-state index in [1.807, 2.05) is 0 Å².